The lowest BCUT2D eigenvalue weighted by atomic mass is 10.1. The van der Waals surface area contributed by atoms with Gasteiger partial charge in [-0.1, -0.05) is 19.1 Å². The summed E-state index contributed by atoms with van der Waals surface area (Å²) in [6, 6.07) is 17.6. The molecule has 9 heteroatoms. The van der Waals surface area contributed by atoms with E-state index in [4.69, 9.17) is 4.74 Å². The van der Waals surface area contributed by atoms with Crippen LogP contribution in [-0.2, 0) is 14.8 Å². The number of nitrogens with zero attached hydrogens (tertiary/aromatic N) is 1. The number of carbonyl (C=O) groups excluding carboxylic acids is 2. The number of rotatable bonds is 6. The fraction of sp³-hybridized carbons (Fsp3) is 0.167. The lowest BCUT2D eigenvalue weighted by Gasteiger charge is -2.16. The third kappa shape index (κ3) is 4.68. The van der Waals surface area contributed by atoms with Gasteiger partial charge < -0.3 is 15.0 Å². The van der Waals surface area contributed by atoms with E-state index in [2.05, 4.69) is 10.0 Å². The average molecular weight is 466 g/mol. The number of benzene rings is 3. The lowest BCUT2D eigenvalue weighted by molar-refractivity contribution is -0.116. The number of hydrogen-bond donors (Lipinski definition) is 2. The molecule has 3 aromatic rings. The Morgan fingerprint density at radius 3 is 2.39 bits per heavy atom. The van der Waals surface area contributed by atoms with Gasteiger partial charge in [0.2, 0.25) is 5.91 Å². The van der Waals surface area contributed by atoms with Crippen molar-refractivity contribution in [3.05, 3.63) is 72.3 Å². The predicted molar refractivity (Wildman–Crippen MR) is 126 cm³/mol. The van der Waals surface area contributed by atoms with Gasteiger partial charge in [0.05, 0.1) is 16.1 Å². The molecule has 33 heavy (non-hydrogen) atoms. The third-order valence-corrected chi connectivity index (χ3v) is 6.54. The molecule has 0 unspecified atom stereocenters. The highest BCUT2D eigenvalue weighted by atomic mass is 32.2. The van der Waals surface area contributed by atoms with E-state index in [1.54, 1.807) is 25.2 Å². The van der Waals surface area contributed by atoms with Crippen LogP contribution in [-0.4, -0.2) is 27.3 Å². The van der Waals surface area contributed by atoms with E-state index < -0.39 is 10.0 Å². The lowest BCUT2D eigenvalue weighted by Crippen LogP contribution is -2.25. The van der Waals surface area contributed by atoms with Gasteiger partial charge in [-0.05, 0) is 61.0 Å². The molecule has 0 radical (unpaired) electrons. The summed E-state index contributed by atoms with van der Waals surface area (Å²) in [5.41, 5.74) is 1.60. The average Bonchev–Trinajstić information content (AvgIpc) is 2.89. The molecule has 170 valence electrons. The van der Waals surface area contributed by atoms with Crippen molar-refractivity contribution < 1.29 is 22.7 Å². The Morgan fingerprint density at radius 1 is 0.970 bits per heavy atom. The molecule has 1 heterocycles. The van der Waals surface area contributed by atoms with Crippen LogP contribution in [0.25, 0.3) is 0 Å². The Kier molecular flexibility index (Phi) is 6.06. The van der Waals surface area contributed by atoms with Crippen LogP contribution < -0.4 is 19.7 Å². The van der Waals surface area contributed by atoms with Gasteiger partial charge in [-0.25, -0.2) is 8.42 Å². The summed E-state index contributed by atoms with van der Waals surface area (Å²) >= 11 is 0. The van der Waals surface area contributed by atoms with Crippen molar-refractivity contribution in [2.45, 2.75) is 24.7 Å². The van der Waals surface area contributed by atoms with Gasteiger partial charge in [-0.2, -0.15) is 0 Å². The minimum Gasteiger partial charge on any atom is -0.454 e. The minimum absolute atomic E-state index is 0.0260. The van der Waals surface area contributed by atoms with E-state index in [-0.39, 0.29) is 28.0 Å². The molecule has 2 N–H and O–H groups in total. The highest BCUT2D eigenvalue weighted by Gasteiger charge is 2.26. The van der Waals surface area contributed by atoms with Crippen molar-refractivity contribution >= 4 is 38.9 Å². The van der Waals surface area contributed by atoms with E-state index in [1.165, 1.54) is 41.3 Å². The number of amides is 2. The molecule has 8 nitrogen and oxygen atoms in total. The molecule has 4 rings (SSSR count). The Morgan fingerprint density at radius 2 is 1.67 bits per heavy atom. The first-order valence-electron chi connectivity index (χ1n) is 10.4. The smallest absolute Gasteiger partial charge is 0.261 e. The molecule has 3 aromatic carbocycles. The van der Waals surface area contributed by atoms with Crippen LogP contribution in [0.1, 0.15) is 30.1 Å². The zero-order valence-corrected chi connectivity index (χ0v) is 19.0. The maximum Gasteiger partial charge on any atom is 0.261 e. The van der Waals surface area contributed by atoms with Crippen molar-refractivity contribution in [2.75, 3.05) is 22.0 Å². The normalized spacial score (nSPS) is 12.8. The van der Waals surface area contributed by atoms with Gasteiger partial charge in [0.25, 0.3) is 15.9 Å². The van der Waals surface area contributed by atoms with E-state index in [1.807, 2.05) is 19.1 Å². The second kappa shape index (κ2) is 8.95. The number of hydrogen-bond acceptors (Lipinski definition) is 5. The van der Waals surface area contributed by atoms with E-state index >= 15 is 0 Å². The molecule has 0 spiro atoms. The molecular formula is C24H23N3O5S. The van der Waals surface area contributed by atoms with Crippen LogP contribution in [0.4, 0.5) is 17.1 Å². The zero-order valence-electron chi connectivity index (χ0n) is 18.2. The van der Waals surface area contributed by atoms with Gasteiger partial charge in [0.1, 0.15) is 5.75 Å². The van der Waals surface area contributed by atoms with Crippen LogP contribution in [0, 0.1) is 0 Å². The molecule has 2 amide bonds. The highest BCUT2D eigenvalue weighted by Crippen LogP contribution is 2.39. The third-order valence-electron chi connectivity index (χ3n) is 5.14. The molecule has 0 aromatic heterocycles. The van der Waals surface area contributed by atoms with E-state index in [0.717, 1.165) is 6.42 Å². The van der Waals surface area contributed by atoms with Gasteiger partial charge >= 0.3 is 0 Å². The zero-order chi connectivity index (χ0) is 23.6. The number of carbonyl (C=O) groups is 2. The Labute approximate surface area is 192 Å². The summed E-state index contributed by atoms with van der Waals surface area (Å²) in [6.45, 7) is 1.90. The minimum atomic E-state index is -3.92. The van der Waals surface area contributed by atoms with Gasteiger partial charge in [-0.3, -0.25) is 14.3 Å². The topological polar surface area (TPSA) is 105 Å². The number of nitrogens with one attached hydrogen (secondary N) is 2. The standard InChI is InChI=1S/C24H23N3O5S/c1-3-6-23(28)25-16-9-12-18(13-10-16)33(30,31)26-17-11-14-21-19(15-17)24(29)27(2)20-7-4-5-8-22(20)32-21/h4-5,7-15,26H,3,6H2,1-2H3,(H,25,28). The molecule has 0 saturated heterocycles. The van der Waals surface area contributed by atoms with Crippen molar-refractivity contribution in [1.29, 1.82) is 0 Å². The molecule has 1 aliphatic rings. The summed E-state index contributed by atoms with van der Waals surface area (Å²) in [5.74, 6) is 0.428. The molecular weight excluding hydrogens is 442 g/mol. The quantitative estimate of drug-likeness (QED) is 0.553. The van der Waals surface area contributed by atoms with Gasteiger partial charge in [-0.15, -0.1) is 0 Å². The largest absolute Gasteiger partial charge is 0.454 e. The first-order valence-corrected chi connectivity index (χ1v) is 11.9. The second-order valence-electron chi connectivity index (χ2n) is 7.57. The highest BCUT2D eigenvalue weighted by molar-refractivity contribution is 7.92. The molecule has 0 aliphatic carbocycles. The van der Waals surface area contributed by atoms with Crippen molar-refractivity contribution in [2.24, 2.45) is 0 Å². The van der Waals surface area contributed by atoms with E-state index in [9.17, 15) is 18.0 Å². The summed E-state index contributed by atoms with van der Waals surface area (Å²) in [4.78, 5) is 26.2. The summed E-state index contributed by atoms with van der Waals surface area (Å²) < 4.78 is 34.1. The Hall–Kier alpha value is -3.85. The monoisotopic (exact) mass is 465 g/mol. The number of anilines is 3. The van der Waals surface area contributed by atoms with Crippen LogP contribution in [0.2, 0.25) is 0 Å². The van der Waals surface area contributed by atoms with Crippen LogP contribution in [0.15, 0.2) is 71.6 Å². The number of sulfonamides is 1. The fourth-order valence-corrected chi connectivity index (χ4v) is 4.51. The first kappa shape index (κ1) is 22.3. The predicted octanol–water partition coefficient (Wildman–Crippen LogP) is 4.61. The van der Waals surface area contributed by atoms with Crippen molar-refractivity contribution in [1.82, 2.24) is 0 Å². The molecule has 0 atom stereocenters. The van der Waals surface area contributed by atoms with Crippen LogP contribution >= 0.6 is 0 Å². The van der Waals surface area contributed by atoms with Crippen LogP contribution in [0.5, 0.6) is 11.5 Å². The molecule has 0 saturated carbocycles. The number of para-hydroxylation sites is 2. The van der Waals surface area contributed by atoms with Gasteiger partial charge in [0, 0.05) is 24.8 Å². The second-order valence-corrected chi connectivity index (χ2v) is 9.26. The summed E-state index contributed by atoms with van der Waals surface area (Å²) in [6.07, 6.45) is 1.11. The van der Waals surface area contributed by atoms with Crippen molar-refractivity contribution in [3.63, 3.8) is 0 Å². The molecule has 1 aliphatic heterocycles. The van der Waals surface area contributed by atoms with Crippen molar-refractivity contribution in [3.8, 4) is 11.5 Å². The number of fused-ring (bicyclic) bond motifs is 2. The van der Waals surface area contributed by atoms with Crippen LogP contribution in [0.3, 0.4) is 0 Å². The first-order chi connectivity index (χ1) is 15.8. The molecule has 0 bridgehead atoms. The van der Waals surface area contributed by atoms with E-state index in [0.29, 0.717) is 29.3 Å². The maximum atomic E-state index is 13.0. The Bertz CT molecular complexity index is 1320. The summed E-state index contributed by atoms with van der Waals surface area (Å²) in [7, 11) is -2.28. The maximum absolute atomic E-state index is 13.0. The Balaban J connectivity index is 1.56. The fourth-order valence-electron chi connectivity index (χ4n) is 3.46. The number of ether oxygens (including phenoxy) is 1. The molecule has 0 fully saturated rings. The summed E-state index contributed by atoms with van der Waals surface area (Å²) in [5, 5.41) is 2.72. The van der Waals surface area contributed by atoms with Gasteiger partial charge in [0.15, 0.2) is 5.75 Å². The SMILES string of the molecule is CCCC(=O)Nc1ccc(S(=O)(=O)Nc2ccc3c(c2)C(=O)N(C)c2ccccc2O3)cc1.